The number of pyridine rings is 1. The zero-order valence-electron chi connectivity index (χ0n) is 10.0. The van der Waals surface area contributed by atoms with Gasteiger partial charge in [0.05, 0.1) is 5.69 Å². The normalized spacial score (nSPS) is 10.5. The standard InChI is InChI=1S/C13H15N3O/c1-3-5-11-15-12(9(2)13(17)16-11)10-6-4-7-14-8-10/h4,6-8H,3,5H2,1-2H3,(H,15,16,17). The first-order chi connectivity index (χ1) is 8.22. The van der Waals surface area contributed by atoms with Crippen molar-refractivity contribution in [1.82, 2.24) is 15.0 Å². The lowest BCUT2D eigenvalue weighted by Gasteiger charge is -2.06. The molecule has 2 heterocycles. The van der Waals surface area contributed by atoms with Crippen LogP contribution in [0.15, 0.2) is 29.3 Å². The van der Waals surface area contributed by atoms with Gasteiger partial charge in [0.25, 0.3) is 5.56 Å². The zero-order chi connectivity index (χ0) is 12.3. The van der Waals surface area contributed by atoms with E-state index in [9.17, 15) is 4.79 Å². The van der Waals surface area contributed by atoms with Gasteiger partial charge in [0.2, 0.25) is 0 Å². The first kappa shape index (κ1) is 11.5. The van der Waals surface area contributed by atoms with Crippen LogP contribution < -0.4 is 5.56 Å². The monoisotopic (exact) mass is 229 g/mol. The summed E-state index contributed by atoms with van der Waals surface area (Å²) in [5.41, 5.74) is 2.18. The van der Waals surface area contributed by atoms with E-state index >= 15 is 0 Å². The number of rotatable bonds is 3. The van der Waals surface area contributed by atoms with Crippen molar-refractivity contribution < 1.29 is 0 Å². The fourth-order valence-electron chi connectivity index (χ4n) is 1.72. The van der Waals surface area contributed by atoms with E-state index in [0.29, 0.717) is 5.56 Å². The van der Waals surface area contributed by atoms with Gasteiger partial charge in [0.1, 0.15) is 5.82 Å². The van der Waals surface area contributed by atoms with Crippen molar-refractivity contribution in [3.05, 3.63) is 46.3 Å². The van der Waals surface area contributed by atoms with Crippen LogP contribution in [0.5, 0.6) is 0 Å². The highest BCUT2D eigenvalue weighted by atomic mass is 16.1. The Bertz CT molecular complexity index is 561. The molecule has 2 rings (SSSR count). The Kier molecular flexibility index (Phi) is 3.32. The quantitative estimate of drug-likeness (QED) is 0.876. The van der Waals surface area contributed by atoms with Gasteiger partial charge >= 0.3 is 0 Å². The highest BCUT2D eigenvalue weighted by Gasteiger charge is 2.09. The second kappa shape index (κ2) is 4.91. The predicted octanol–water partition coefficient (Wildman–Crippen LogP) is 2.09. The molecule has 4 nitrogen and oxygen atoms in total. The molecule has 17 heavy (non-hydrogen) atoms. The molecule has 0 radical (unpaired) electrons. The van der Waals surface area contributed by atoms with Gasteiger partial charge < -0.3 is 4.98 Å². The van der Waals surface area contributed by atoms with Gasteiger partial charge in [0.15, 0.2) is 0 Å². The topological polar surface area (TPSA) is 58.6 Å². The Labute approximate surface area is 99.8 Å². The third kappa shape index (κ3) is 2.41. The van der Waals surface area contributed by atoms with Crippen LogP contribution in [0.2, 0.25) is 0 Å². The molecule has 2 aromatic heterocycles. The summed E-state index contributed by atoms with van der Waals surface area (Å²) in [5, 5.41) is 0. The van der Waals surface area contributed by atoms with Crippen LogP contribution in [0.4, 0.5) is 0 Å². The van der Waals surface area contributed by atoms with Crippen LogP contribution in [0.25, 0.3) is 11.3 Å². The van der Waals surface area contributed by atoms with Gasteiger partial charge in [-0.05, 0) is 25.5 Å². The van der Waals surface area contributed by atoms with Crippen molar-refractivity contribution in [2.45, 2.75) is 26.7 Å². The molecule has 0 spiro atoms. The number of hydrogen-bond acceptors (Lipinski definition) is 3. The molecule has 0 aliphatic rings. The summed E-state index contributed by atoms with van der Waals surface area (Å²) in [4.78, 5) is 23.1. The summed E-state index contributed by atoms with van der Waals surface area (Å²) in [6.07, 6.45) is 5.17. The van der Waals surface area contributed by atoms with E-state index in [1.807, 2.05) is 12.1 Å². The number of nitrogens with zero attached hydrogens (tertiary/aromatic N) is 2. The molecule has 1 N–H and O–H groups in total. The summed E-state index contributed by atoms with van der Waals surface area (Å²) in [6, 6.07) is 3.76. The van der Waals surface area contributed by atoms with E-state index in [-0.39, 0.29) is 5.56 Å². The maximum Gasteiger partial charge on any atom is 0.254 e. The Hall–Kier alpha value is -1.97. The molecule has 0 unspecified atom stereocenters. The molecule has 0 saturated heterocycles. The number of H-pyrrole nitrogens is 1. The lowest BCUT2D eigenvalue weighted by Crippen LogP contribution is -2.16. The minimum absolute atomic E-state index is 0.0673. The van der Waals surface area contributed by atoms with Crippen molar-refractivity contribution in [1.29, 1.82) is 0 Å². The number of aromatic amines is 1. The van der Waals surface area contributed by atoms with Gasteiger partial charge in [-0.15, -0.1) is 0 Å². The number of aromatic nitrogens is 3. The van der Waals surface area contributed by atoms with E-state index in [2.05, 4.69) is 21.9 Å². The van der Waals surface area contributed by atoms with E-state index in [1.54, 1.807) is 19.3 Å². The van der Waals surface area contributed by atoms with Crippen LogP contribution in [0.1, 0.15) is 24.7 Å². The minimum atomic E-state index is -0.0673. The Morgan fingerprint density at radius 1 is 1.41 bits per heavy atom. The Balaban J connectivity index is 2.57. The fraction of sp³-hybridized carbons (Fsp3) is 0.308. The molecule has 88 valence electrons. The van der Waals surface area contributed by atoms with Gasteiger partial charge in [-0.3, -0.25) is 9.78 Å². The smallest absolute Gasteiger partial charge is 0.254 e. The summed E-state index contributed by atoms with van der Waals surface area (Å²) in [7, 11) is 0. The molecule has 2 aromatic rings. The summed E-state index contributed by atoms with van der Waals surface area (Å²) >= 11 is 0. The largest absolute Gasteiger partial charge is 0.310 e. The highest BCUT2D eigenvalue weighted by molar-refractivity contribution is 5.60. The van der Waals surface area contributed by atoms with Crippen LogP contribution in [-0.2, 0) is 6.42 Å². The molecule has 0 atom stereocenters. The zero-order valence-corrected chi connectivity index (χ0v) is 10.0. The van der Waals surface area contributed by atoms with E-state index in [1.165, 1.54) is 0 Å². The number of nitrogens with one attached hydrogen (secondary N) is 1. The summed E-state index contributed by atoms with van der Waals surface area (Å²) in [5.74, 6) is 0.738. The fourth-order valence-corrected chi connectivity index (χ4v) is 1.72. The van der Waals surface area contributed by atoms with E-state index < -0.39 is 0 Å². The summed E-state index contributed by atoms with van der Waals surface area (Å²) in [6.45, 7) is 3.84. The molecule has 0 aliphatic carbocycles. The van der Waals surface area contributed by atoms with Crippen LogP contribution in [0, 0.1) is 6.92 Å². The second-order valence-electron chi connectivity index (χ2n) is 3.98. The molecular formula is C13H15N3O. The minimum Gasteiger partial charge on any atom is -0.310 e. The molecule has 0 fully saturated rings. The molecular weight excluding hydrogens is 214 g/mol. The van der Waals surface area contributed by atoms with Crippen molar-refractivity contribution in [2.75, 3.05) is 0 Å². The first-order valence-corrected chi connectivity index (χ1v) is 5.72. The van der Waals surface area contributed by atoms with Crippen LogP contribution in [-0.4, -0.2) is 15.0 Å². The third-order valence-electron chi connectivity index (χ3n) is 2.62. The number of hydrogen-bond donors (Lipinski definition) is 1. The van der Waals surface area contributed by atoms with Crippen molar-refractivity contribution in [2.24, 2.45) is 0 Å². The van der Waals surface area contributed by atoms with Crippen molar-refractivity contribution >= 4 is 0 Å². The predicted molar refractivity (Wildman–Crippen MR) is 66.8 cm³/mol. The van der Waals surface area contributed by atoms with Crippen molar-refractivity contribution in [3.63, 3.8) is 0 Å². The molecule has 0 saturated carbocycles. The Morgan fingerprint density at radius 2 is 2.24 bits per heavy atom. The molecule has 0 bridgehead atoms. The van der Waals surface area contributed by atoms with Gasteiger partial charge in [-0.1, -0.05) is 6.92 Å². The van der Waals surface area contributed by atoms with Crippen LogP contribution >= 0.6 is 0 Å². The highest BCUT2D eigenvalue weighted by Crippen LogP contribution is 2.17. The average molecular weight is 229 g/mol. The molecule has 4 heteroatoms. The maximum absolute atomic E-state index is 11.8. The lowest BCUT2D eigenvalue weighted by molar-refractivity contribution is 0.822. The van der Waals surface area contributed by atoms with Crippen molar-refractivity contribution in [3.8, 4) is 11.3 Å². The third-order valence-corrected chi connectivity index (χ3v) is 2.62. The van der Waals surface area contributed by atoms with Crippen LogP contribution in [0.3, 0.4) is 0 Å². The average Bonchev–Trinajstić information content (AvgIpc) is 2.35. The Morgan fingerprint density at radius 3 is 2.88 bits per heavy atom. The lowest BCUT2D eigenvalue weighted by atomic mass is 10.1. The van der Waals surface area contributed by atoms with Gasteiger partial charge in [-0.2, -0.15) is 0 Å². The van der Waals surface area contributed by atoms with E-state index in [0.717, 1.165) is 29.9 Å². The second-order valence-corrected chi connectivity index (χ2v) is 3.98. The first-order valence-electron chi connectivity index (χ1n) is 5.72. The SMILES string of the molecule is CCCc1nc(-c2cccnc2)c(C)c(=O)[nH]1. The molecule has 0 aromatic carbocycles. The van der Waals surface area contributed by atoms with Gasteiger partial charge in [0, 0.05) is 29.9 Å². The summed E-state index contributed by atoms with van der Waals surface area (Å²) < 4.78 is 0. The molecule has 0 aliphatic heterocycles. The number of aryl methyl sites for hydroxylation is 1. The van der Waals surface area contributed by atoms with Gasteiger partial charge in [-0.25, -0.2) is 4.98 Å². The van der Waals surface area contributed by atoms with E-state index in [4.69, 9.17) is 0 Å². The maximum atomic E-state index is 11.8. The molecule has 0 amide bonds.